The van der Waals surface area contributed by atoms with Gasteiger partial charge in [-0.1, -0.05) is 6.07 Å². The van der Waals surface area contributed by atoms with E-state index in [1.54, 1.807) is 7.11 Å². The van der Waals surface area contributed by atoms with E-state index >= 15 is 0 Å². The van der Waals surface area contributed by atoms with E-state index in [2.05, 4.69) is 17.3 Å². The number of amides is 1. The van der Waals surface area contributed by atoms with Gasteiger partial charge in [0.2, 0.25) is 5.91 Å². The van der Waals surface area contributed by atoms with Gasteiger partial charge in [0.25, 0.3) is 0 Å². The average Bonchev–Trinajstić information content (AvgIpc) is 2.55. The molecule has 1 aromatic rings. The number of hydrogen-bond acceptors (Lipinski definition) is 4. The normalized spacial score (nSPS) is 16.2. The fourth-order valence-corrected chi connectivity index (χ4v) is 2.97. The number of hydrogen-bond donors (Lipinski definition) is 1. The molecule has 1 amide bonds. The molecule has 0 atom stereocenters. The van der Waals surface area contributed by atoms with E-state index in [0.29, 0.717) is 24.6 Å². The number of piperidine rings is 1. The fraction of sp³-hybridized carbons (Fsp3) is 0.632. The van der Waals surface area contributed by atoms with Gasteiger partial charge in [0.05, 0.1) is 13.2 Å². The monoisotopic (exact) mass is 334 g/mol. The fourth-order valence-electron chi connectivity index (χ4n) is 2.97. The van der Waals surface area contributed by atoms with Crippen molar-refractivity contribution >= 4 is 5.91 Å². The molecular formula is C19H30N2O3. The molecule has 1 aliphatic rings. The molecular weight excluding hydrogens is 304 g/mol. The van der Waals surface area contributed by atoms with Gasteiger partial charge in [-0.3, -0.25) is 4.79 Å². The Bertz CT molecular complexity index is 537. The Hall–Kier alpha value is -1.75. The summed E-state index contributed by atoms with van der Waals surface area (Å²) in [6, 6.07) is 5.79. The largest absolute Gasteiger partial charge is 0.493 e. The van der Waals surface area contributed by atoms with Crippen LogP contribution in [-0.2, 0) is 11.3 Å². The van der Waals surface area contributed by atoms with Crippen molar-refractivity contribution in [3.05, 3.63) is 23.8 Å². The van der Waals surface area contributed by atoms with Gasteiger partial charge < -0.3 is 19.7 Å². The number of ether oxygens (including phenoxy) is 2. The topological polar surface area (TPSA) is 50.8 Å². The number of carbonyl (C=O) groups is 1. The third-order valence-corrected chi connectivity index (χ3v) is 4.39. The van der Waals surface area contributed by atoms with Gasteiger partial charge in [0, 0.05) is 13.0 Å². The van der Waals surface area contributed by atoms with Crippen molar-refractivity contribution in [3.8, 4) is 11.5 Å². The standard InChI is InChI=1S/C19H30N2O3/c1-14(2)24-17-6-5-16(11-18(17)23-4)13-20-19(22)12-15-7-9-21(3)10-8-15/h5-6,11,14-15H,7-10,12-13H2,1-4H3,(H,20,22). The van der Waals surface area contributed by atoms with Crippen LogP contribution in [-0.4, -0.2) is 44.2 Å². The Balaban J connectivity index is 1.83. The number of benzene rings is 1. The summed E-state index contributed by atoms with van der Waals surface area (Å²) in [7, 11) is 3.77. The molecule has 0 aliphatic carbocycles. The number of nitrogens with one attached hydrogen (secondary N) is 1. The van der Waals surface area contributed by atoms with Gasteiger partial charge in [-0.15, -0.1) is 0 Å². The zero-order valence-corrected chi connectivity index (χ0v) is 15.3. The quantitative estimate of drug-likeness (QED) is 0.833. The summed E-state index contributed by atoms with van der Waals surface area (Å²) >= 11 is 0. The van der Waals surface area contributed by atoms with Crippen LogP contribution >= 0.6 is 0 Å². The molecule has 0 aromatic heterocycles. The van der Waals surface area contributed by atoms with Crippen molar-refractivity contribution in [1.29, 1.82) is 0 Å². The van der Waals surface area contributed by atoms with Gasteiger partial charge in [0.1, 0.15) is 0 Å². The lowest BCUT2D eigenvalue weighted by atomic mass is 9.93. The van der Waals surface area contributed by atoms with Crippen LogP contribution in [0.3, 0.4) is 0 Å². The first-order valence-corrected chi connectivity index (χ1v) is 8.76. The van der Waals surface area contributed by atoms with Crippen LogP contribution in [0.5, 0.6) is 11.5 Å². The second-order valence-electron chi connectivity index (χ2n) is 6.88. The van der Waals surface area contributed by atoms with Crippen molar-refractivity contribution in [2.45, 2.75) is 45.8 Å². The van der Waals surface area contributed by atoms with Crippen LogP contribution < -0.4 is 14.8 Å². The third-order valence-electron chi connectivity index (χ3n) is 4.39. The van der Waals surface area contributed by atoms with Crippen molar-refractivity contribution in [2.75, 3.05) is 27.2 Å². The maximum Gasteiger partial charge on any atom is 0.220 e. The third kappa shape index (κ3) is 5.71. The second-order valence-corrected chi connectivity index (χ2v) is 6.88. The first kappa shape index (κ1) is 18.6. The molecule has 134 valence electrons. The number of rotatable bonds is 7. The molecule has 1 aromatic carbocycles. The highest BCUT2D eigenvalue weighted by Crippen LogP contribution is 2.29. The molecule has 5 heteroatoms. The van der Waals surface area contributed by atoms with Crippen molar-refractivity contribution in [3.63, 3.8) is 0 Å². The van der Waals surface area contributed by atoms with Crippen molar-refractivity contribution in [2.24, 2.45) is 5.92 Å². The van der Waals surface area contributed by atoms with Crippen LogP contribution in [0.4, 0.5) is 0 Å². The average molecular weight is 334 g/mol. The lowest BCUT2D eigenvalue weighted by Gasteiger charge is -2.28. The molecule has 1 saturated heterocycles. The van der Waals surface area contributed by atoms with Gasteiger partial charge in [-0.2, -0.15) is 0 Å². The lowest BCUT2D eigenvalue weighted by Crippen LogP contribution is -2.33. The van der Waals surface area contributed by atoms with E-state index in [0.717, 1.165) is 37.2 Å². The minimum atomic E-state index is 0.0963. The van der Waals surface area contributed by atoms with Crippen LogP contribution in [0.2, 0.25) is 0 Å². The van der Waals surface area contributed by atoms with E-state index in [4.69, 9.17) is 9.47 Å². The van der Waals surface area contributed by atoms with Crippen molar-refractivity contribution < 1.29 is 14.3 Å². The molecule has 24 heavy (non-hydrogen) atoms. The maximum absolute atomic E-state index is 12.2. The SMILES string of the molecule is COc1cc(CNC(=O)CC2CCN(C)CC2)ccc1OC(C)C. The Morgan fingerprint density at radius 1 is 1.29 bits per heavy atom. The smallest absolute Gasteiger partial charge is 0.220 e. The van der Waals surface area contributed by atoms with Gasteiger partial charge in [0.15, 0.2) is 11.5 Å². The van der Waals surface area contributed by atoms with Crippen LogP contribution in [0.15, 0.2) is 18.2 Å². The summed E-state index contributed by atoms with van der Waals surface area (Å²) in [6.45, 7) is 6.66. The minimum absolute atomic E-state index is 0.0963. The lowest BCUT2D eigenvalue weighted by molar-refractivity contribution is -0.122. The molecule has 1 aliphatic heterocycles. The molecule has 0 spiro atoms. The summed E-state index contributed by atoms with van der Waals surface area (Å²) in [6.07, 6.45) is 2.94. The predicted octanol–water partition coefficient (Wildman–Crippen LogP) is 2.83. The minimum Gasteiger partial charge on any atom is -0.493 e. The molecule has 0 radical (unpaired) electrons. The van der Waals surface area contributed by atoms with E-state index in [9.17, 15) is 4.79 Å². The molecule has 1 fully saturated rings. The molecule has 1 heterocycles. The van der Waals surface area contributed by atoms with E-state index in [1.807, 2.05) is 32.0 Å². The Morgan fingerprint density at radius 2 is 2.00 bits per heavy atom. The molecule has 0 unspecified atom stereocenters. The number of carbonyl (C=O) groups excluding carboxylic acids is 1. The summed E-state index contributed by atoms with van der Waals surface area (Å²) in [5.41, 5.74) is 1.01. The van der Waals surface area contributed by atoms with Crippen LogP contribution in [0.1, 0.15) is 38.7 Å². The Morgan fingerprint density at radius 3 is 2.62 bits per heavy atom. The van der Waals surface area contributed by atoms with E-state index < -0.39 is 0 Å². The Kier molecular flexibility index (Phi) is 6.91. The van der Waals surface area contributed by atoms with Gasteiger partial charge in [-0.25, -0.2) is 0 Å². The summed E-state index contributed by atoms with van der Waals surface area (Å²) in [5, 5.41) is 3.02. The van der Waals surface area contributed by atoms with E-state index in [-0.39, 0.29) is 12.0 Å². The number of nitrogens with zero attached hydrogens (tertiary/aromatic N) is 1. The number of likely N-dealkylation sites (tertiary alicyclic amines) is 1. The van der Waals surface area contributed by atoms with E-state index in [1.165, 1.54) is 0 Å². The molecule has 0 bridgehead atoms. The summed E-state index contributed by atoms with van der Waals surface area (Å²) in [5.74, 6) is 2.07. The van der Waals surface area contributed by atoms with Crippen LogP contribution in [0, 0.1) is 5.92 Å². The molecule has 2 rings (SSSR count). The molecule has 5 nitrogen and oxygen atoms in total. The Labute approximate surface area is 145 Å². The van der Waals surface area contributed by atoms with Gasteiger partial charge >= 0.3 is 0 Å². The number of methoxy groups -OCH3 is 1. The summed E-state index contributed by atoms with van der Waals surface area (Å²) in [4.78, 5) is 14.5. The zero-order valence-electron chi connectivity index (χ0n) is 15.3. The summed E-state index contributed by atoms with van der Waals surface area (Å²) < 4.78 is 11.1. The predicted molar refractivity (Wildman–Crippen MR) is 95.4 cm³/mol. The maximum atomic E-state index is 12.2. The van der Waals surface area contributed by atoms with Crippen LogP contribution in [0.25, 0.3) is 0 Å². The first-order chi connectivity index (χ1) is 11.5. The highest BCUT2D eigenvalue weighted by atomic mass is 16.5. The van der Waals surface area contributed by atoms with Crippen molar-refractivity contribution in [1.82, 2.24) is 10.2 Å². The van der Waals surface area contributed by atoms with Gasteiger partial charge in [-0.05, 0) is 70.4 Å². The molecule has 1 N–H and O–H groups in total. The highest BCUT2D eigenvalue weighted by molar-refractivity contribution is 5.76. The first-order valence-electron chi connectivity index (χ1n) is 8.76. The molecule has 0 saturated carbocycles. The highest BCUT2D eigenvalue weighted by Gasteiger charge is 2.19. The second kappa shape index (κ2) is 8.92. The zero-order chi connectivity index (χ0) is 17.5.